The molecule has 0 bridgehead atoms. The normalized spacial score (nSPS) is 9.79. The Labute approximate surface area is 181 Å². The van der Waals surface area contributed by atoms with E-state index in [1.807, 2.05) is 24.5 Å². The van der Waals surface area contributed by atoms with Crippen molar-refractivity contribution in [2.75, 3.05) is 0 Å². The Hall–Kier alpha value is -3.37. The minimum absolute atomic E-state index is 0. The summed E-state index contributed by atoms with van der Waals surface area (Å²) in [6, 6.07) is 20.1. The second-order valence-electron chi connectivity index (χ2n) is 5.82. The van der Waals surface area contributed by atoms with Gasteiger partial charge in [-0.1, -0.05) is 48.5 Å². The average Bonchev–Trinajstić information content (AvgIpc) is 3.52. The van der Waals surface area contributed by atoms with Crippen molar-refractivity contribution in [1.29, 1.82) is 0 Å². The van der Waals surface area contributed by atoms with Crippen molar-refractivity contribution >= 4 is 32.6 Å². The maximum Gasteiger partial charge on any atom is 2.00 e. The van der Waals surface area contributed by atoms with E-state index in [0.29, 0.717) is 0 Å². The van der Waals surface area contributed by atoms with Crippen LogP contribution in [0.3, 0.4) is 0 Å². The van der Waals surface area contributed by atoms with Gasteiger partial charge in [0, 0.05) is 40.9 Å². The van der Waals surface area contributed by atoms with Crippen LogP contribution in [-0.4, -0.2) is 20.2 Å². The van der Waals surface area contributed by atoms with Crippen LogP contribution >= 0.6 is 0 Å². The summed E-state index contributed by atoms with van der Waals surface area (Å²) in [6.45, 7) is 0. The molecular weight excluding hydrogens is 543 g/mol. The minimum Gasteiger partial charge on any atom is -0.582 e. The zero-order chi connectivity index (χ0) is 19.0. The minimum atomic E-state index is 0. The van der Waals surface area contributed by atoms with Gasteiger partial charge >= 0.3 is 21.1 Å². The fourth-order valence-corrected chi connectivity index (χ4v) is 2.87. The van der Waals surface area contributed by atoms with E-state index in [2.05, 4.69) is 66.8 Å². The number of benzene rings is 2. The number of hydrogen-bond donors (Lipinski definition) is 0. The predicted octanol–water partition coefficient (Wildman–Crippen LogP) is 4.01. The first kappa shape index (κ1) is 20.4. The number of rotatable bonds is 0. The van der Waals surface area contributed by atoms with E-state index in [1.165, 1.54) is 5.39 Å². The second kappa shape index (κ2) is 10.2. The Balaban J connectivity index is 0.000000180. The molecule has 2 aromatic carbocycles. The Morgan fingerprint density at radius 2 is 1.00 bits per heavy atom. The Morgan fingerprint density at radius 3 is 1.38 bits per heavy atom. The smallest absolute Gasteiger partial charge is 0.582 e. The van der Waals surface area contributed by atoms with Crippen LogP contribution < -0.4 is 10.2 Å². The molecule has 0 fully saturated rings. The van der Waals surface area contributed by atoms with Crippen molar-refractivity contribution < 1.29 is 21.1 Å². The van der Waals surface area contributed by atoms with E-state index in [0.717, 1.165) is 27.2 Å². The molecule has 4 heterocycles. The van der Waals surface area contributed by atoms with Crippen molar-refractivity contribution in [2.24, 2.45) is 0 Å². The molecule has 144 valence electrons. The van der Waals surface area contributed by atoms with Gasteiger partial charge in [-0.3, -0.25) is 9.97 Å². The third kappa shape index (κ3) is 4.92. The van der Waals surface area contributed by atoms with E-state index in [4.69, 9.17) is 0 Å². The summed E-state index contributed by atoms with van der Waals surface area (Å²) in [4.78, 5) is 9.04. The summed E-state index contributed by atoms with van der Waals surface area (Å²) in [5.74, 6) is 0. The van der Waals surface area contributed by atoms with Gasteiger partial charge in [0.15, 0.2) is 0 Å². The summed E-state index contributed by atoms with van der Waals surface area (Å²) in [6.07, 6.45) is 10.2. The molecule has 0 spiro atoms. The first-order valence-corrected chi connectivity index (χ1v) is 8.71. The Bertz CT molecular complexity index is 1140. The summed E-state index contributed by atoms with van der Waals surface area (Å²) in [7, 11) is 0. The van der Waals surface area contributed by atoms with Crippen molar-refractivity contribution in [3.63, 3.8) is 0 Å². The van der Waals surface area contributed by atoms with E-state index in [9.17, 15) is 0 Å². The zero-order valence-electron chi connectivity index (χ0n) is 15.2. The molecule has 7 heteroatoms. The predicted molar refractivity (Wildman–Crippen MR) is 110 cm³/mol. The molecule has 0 aliphatic carbocycles. The molecule has 0 unspecified atom stereocenters. The number of aromatic nitrogens is 6. The van der Waals surface area contributed by atoms with Crippen LogP contribution in [0, 0.1) is 0 Å². The number of fused-ring (bicyclic) bond motifs is 5. The SMILES string of the molecule is [Pt+2].c1cn[n-]c1.c1cn[n-]c1.c1cnc2c(c1)ccc1ccc3cccnc3c12. The molecule has 6 aromatic rings. The third-order valence-corrected chi connectivity index (χ3v) is 4.07. The van der Waals surface area contributed by atoms with Crippen LogP contribution in [0.1, 0.15) is 0 Å². The van der Waals surface area contributed by atoms with Gasteiger partial charge in [-0.15, -0.1) is 0 Å². The molecule has 0 radical (unpaired) electrons. The van der Waals surface area contributed by atoms with Gasteiger partial charge in [0.05, 0.1) is 11.0 Å². The number of nitrogens with zero attached hydrogens (tertiary/aromatic N) is 6. The monoisotopic (exact) mass is 559 g/mol. The van der Waals surface area contributed by atoms with Crippen LogP contribution in [0.4, 0.5) is 0 Å². The molecule has 6 nitrogen and oxygen atoms in total. The van der Waals surface area contributed by atoms with E-state index in [1.54, 1.807) is 36.9 Å². The Morgan fingerprint density at radius 1 is 0.517 bits per heavy atom. The van der Waals surface area contributed by atoms with Crippen molar-refractivity contribution in [1.82, 2.24) is 30.4 Å². The van der Waals surface area contributed by atoms with E-state index < -0.39 is 0 Å². The molecule has 6 rings (SSSR count). The number of hydrogen-bond acceptors (Lipinski definition) is 4. The van der Waals surface area contributed by atoms with Gasteiger partial charge in [0.2, 0.25) is 0 Å². The zero-order valence-corrected chi connectivity index (χ0v) is 17.5. The third-order valence-electron chi connectivity index (χ3n) is 4.07. The average molecular weight is 559 g/mol. The van der Waals surface area contributed by atoms with Crippen molar-refractivity contribution in [3.05, 3.63) is 97.8 Å². The van der Waals surface area contributed by atoms with E-state index in [-0.39, 0.29) is 21.1 Å². The molecule has 4 aromatic heterocycles. The molecule has 0 saturated heterocycles. The summed E-state index contributed by atoms with van der Waals surface area (Å²) < 4.78 is 0. The first-order valence-electron chi connectivity index (χ1n) is 8.71. The number of pyridine rings is 2. The van der Waals surface area contributed by atoms with Gasteiger partial charge in [0.25, 0.3) is 0 Å². The van der Waals surface area contributed by atoms with Gasteiger partial charge in [-0.05, 0) is 17.5 Å². The largest absolute Gasteiger partial charge is 2.00 e. The van der Waals surface area contributed by atoms with Gasteiger partial charge in [-0.25, -0.2) is 0 Å². The van der Waals surface area contributed by atoms with Gasteiger partial charge in [0.1, 0.15) is 0 Å². The summed E-state index contributed by atoms with van der Waals surface area (Å²) in [5.41, 5.74) is 2.05. The molecule has 0 amide bonds. The molecule has 0 saturated carbocycles. The van der Waals surface area contributed by atoms with Gasteiger partial charge in [-0.2, -0.15) is 12.4 Å². The quantitative estimate of drug-likeness (QED) is 0.262. The molecule has 0 N–H and O–H groups in total. The maximum absolute atomic E-state index is 4.52. The standard InChI is InChI=1S/C16H10N2.2C3H3N2.Pt/c1-3-12-7-5-11-6-8-13-4-2-10-18-16(13)14(11)15(12)17-9-1;2*1-2-4-5-3-1;/h1-10H;2*1-3H;/q;2*-1;+2. The molecule has 0 atom stereocenters. The van der Waals surface area contributed by atoms with Crippen LogP contribution in [-0.2, 0) is 21.1 Å². The molecule has 0 aliphatic rings. The fourth-order valence-electron chi connectivity index (χ4n) is 2.87. The summed E-state index contributed by atoms with van der Waals surface area (Å²) >= 11 is 0. The molecule has 0 aliphatic heterocycles. The van der Waals surface area contributed by atoms with Crippen molar-refractivity contribution in [2.45, 2.75) is 0 Å². The summed E-state index contributed by atoms with van der Waals surface area (Å²) in [5, 5.41) is 18.5. The first-order chi connectivity index (χ1) is 13.9. The Kier molecular flexibility index (Phi) is 7.20. The van der Waals surface area contributed by atoms with Crippen LogP contribution in [0.15, 0.2) is 97.8 Å². The second-order valence-corrected chi connectivity index (χ2v) is 5.82. The van der Waals surface area contributed by atoms with Crippen LogP contribution in [0.2, 0.25) is 0 Å². The van der Waals surface area contributed by atoms with Gasteiger partial charge < -0.3 is 20.4 Å². The fraction of sp³-hybridized carbons (Fsp3) is 0. The van der Waals surface area contributed by atoms with Crippen molar-refractivity contribution in [3.8, 4) is 0 Å². The molecule has 29 heavy (non-hydrogen) atoms. The molecular formula is C22H16N6Pt. The topological polar surface area (TPSA) is 79.8 Å². The van der Waals surface area contributed by atoms with Crippen LogP contribution in [0.5, 0.6) is 0 Å². The van der Waals surface area contributed by atoms with Crippen LogP contribution in [0.25, 0.3) is 32.6 Å². The maximum atomic E-state index is 4.52. The van der Waals surface area contributed by atoms with E-state index >= 15 is 0 Å².